The zero-order chi connectivity index (χ0) is 20.0. The number of halogens is 2. The third kappa shape index (κ3) is 3.20. The van der Waals surface area contributed by atoms with Crippen LogP contribution < -0.4 is 10.1 Å². The van der Waals surface area contributed by atoms with Crippen LogP contribution in [0.5, 0.6) is 5.75 Å². The molecule has 1 unspecified atom stereocenters. The van der Waals surface area contributed by atoms with Gasteiger partial charge in [-0.3, -0.25) is 4.90 Å². The first-order valence-electron chi connectivity index (χ1n) is 10.2. The van der Waals surface area contributed by atoms with Crippen LogP contribution in [0, 0.1) is 11.6 Å². The van der Waals surface area contributed by atoms with Crippen molar-refractivity contribution in [2.24, 2.45) is 0 Å². The van der Waals surface area contributed by atoms with Crippen LogP contribution in [0.4, 0.5) is 8.78 Å². The molecule has 1 spiro atoms. The molecule has 2 aliphatic heterocycles. The smallest absolute Gasteiger partial charge is 0.130 e. The SMILES string of the molecule is COc1ccc2[nH]c3c(c2c1)CCNC31CCCN(Cc2ccc(F)cc2F)C1. The molecular formula is C23H25F2N3O. The van der Waals surface area contributed by atoms with Gasteiger partial charge in [0.05, 0.1) is 12.6 Å². The summed E-state index contributed by atoms with van der Waals surface area (Å²) in [5.74, 6) is -0.142. The lowest BCUT2D eigenvalue weighted by Gasteiger charge is -2.46. The number of hydrogen-bond acceptors (Lipinski definition) is 3. The summed E-state index contributed by atoms with van der Waals surface area (Å²) >= 11 is 0. The van der Waals surface area contributed by atoms with Gasteiger partial charge in [0.1, 0.15) is 17.4 Å². The molecule has 1 fully saturated rings. The summed E-state index contributed by atoms with van der Waals surface area (Å²) in [5.41, 5.74) is 4.10. The number of aromatic amines is 1. The van der Waals surface area contributed by atoms with Crippen molar-refractivity contribution in [1.82, 2.24) is 15.2 Å². The Morgan fingerprint density at radius 2 is 2.07 bits per heavy atom. The topological polar surface area (TPSA) is 40.3 Å². The van der Waals surface area contributed by atoms with E-state index < -0.39 is 11.6 Å². The first-order chi connectivity index (χ1) is 14.1. The van der Waals surface area contributed by atoms with E-state index in [0.717, 1.165) is 56.2 Å². The number of fused-ring (bicyclic) bond motifs is 4. The van der Waals surface area contributed by atoms with Crippen LogP contribution in [0.25, 0.3) is 10.9 Å². The van der Waals surface area contributed by atoms with Gasteiger partial charge >= 0.3 is 0 Å². The molecule has 0 bridgehead atoms. The number of H-pyrrole nitrogens is 1. The quantitative estimate of drug-likeness (QED) is 0.699. The fourth-order valence-electron chi connectivity index (χ4n) is 5.06. The number of benzene rings is 2. The van der Waals surface area contributed by atoms with Crippen LogP contribution in [-0.4, -0.2) is 36.6 Å². The maximum absolute atomic E-state index is 14.2. The van der Waals surface area contributed by atoms with Crippen LogP contribution in [0.15, 0.2) is 36.4 Å². The molecular weight excluding hydrogens is 372 g/mol. The predicted molar refractivity (Wildman–Crippen MR) is 109 cm³/mol. The van der Waals surface area contributed by atoms with Gasteiger partial charge < -0.3 is 15.0 Å². The Hall–Kier alpha value is -2.44. The molecule has 6 heteroatoms. The fourth-order valence-corrected chi connectivity index (χ4v) is 5.06. The van der Waals surface area contributed by atoms with E-state index in [1.807, 2.05) is 6.07 Å². The Balaban J connectivity index is 1.48. The van der Waals surface area contributed by atoms with Gasteiger partial charge in [0.15, 0.2) is 0 Å². The number of likely N-dealkylation sites (tertiary alicyclic amines) is 1. The average molecular weight is 397 g/mol. The highest BCUT2D eigenvalue weighted by atomic mass is 19.1. The molecule has 1 saturated heterocycles. The molecule has 0 saturated carbocycles. The van der Waals surface area contributed by atoms with Gasteiger partial charge in [-0.1, -0.05) is 6.07 Å². The van der Waals surface area contributed by atoms with E-state index in [0.29, 0.717) is 12.1 Å². The zero-order valence-electron chi connectivity index (χ0n) is 16.5. The number of aromatic nitrogens is 1. The van der Waals surface area contributed by atoms with Gasteiger partial charge in [-0.2, -0.15) is 0 Å². The van der Waals surface area contributed by atoms with Crippen LogP contribution >= 0.6 is 0 Å². The molecule has 3 aromatic rings. The highest BCUT2D eigenvalue weighted by Crippen LogP contribution is 2.40. The number of rotatable bonds is 3. The van der Waals surface area contributed by atoms with E-state index in [9.17, 15) is 8.78 Å². The van der Waals surface area contributed by atoms with Gasteiger partial charge in [0, 0.05) is 47.9 Å². The minimum atomic E-state index is -0.534. The molecule has 4 nitrogen and oxygen atoms in total. The van der Waals surface area contributed by atoms with Crippen molar-refractivity contribution in [3.63, 3.8) is 0 Å². The van der Waals surface area contributed by atoms with Crippen molar-refractivity contribution in [1.29, 1.82) is 0 Å². The van der Waals surface area contributed by atoms with Gasteiger partial charge in [0.2, 0.25) is 0 Å². The van der Waals surface area contributed by atoms with Crippen LogP contribution in [-0.2, 0) is 18.5 Å². The maximum Gasteiger partial charge on any atom is 0.130 e. The third-order valence-electron chi connectivity index (χ3n) is 6.41. The maximum atomic E-state index is 14.2. The highest BCUT2D eigenvalue weighted by Gasteiger charge is 2.42. The minimum Gasteiger partial charge on any atom is -0.497 e. The summed E-state index contributed by atoms with van der Waals surface area (Å²) in [6.45, 7) is 3.10. The van der Waals surface area contributed by atoms with Crippen molar-refractivity contribution in [2.75, 3.05) is 26.7 Å². The zero-order valence-corrected chi connectivity index (χ0v) is 16.5. The molecule has 5 rings (SSSR count). The Morgan fingerprint density at radius 1 is 1.17 bits per heavy atom. The summed E-state index contributed by atoms with van der Waals surface area (Å²) in [6.07, 6.45) is 3.02. The molecule has 29 heavy (non-hydrogen) atoms. The third-order valence-corrected chi connectivity index (χ3v) is 6.41. The molecule has 1 aromatic heterocycles. The first kappa shape index (κ1) is 18.6. The lowest BCUT2D eigenvalue weighted by Crippen LogP contribution is -2.57. The van der Waals surface area contributed by atoms with E-state index in [1.54, 1.807) is 13.2 Å². The fraction of sp³-hybridized carbons (Fsp3) is 0.391. The lowest BCUT2D eigenvalue weighted by molar-refractivity contribution is 0.106. The molecule has 0 aliphatic carbocycles. The van der Waals surface area contributed by atoms with E-state index >= 15 is 0 Å². The van der Waals surface area contributed by atoms with Crippen molar-refractivity contribution < 1.29 is 13.5 Å². The molecule has 0 radical (unpaired) electrons. The summed E-state index contributed by atoms with van der Waals surface area (Å²) in [5, 5.41) is 4.99. The van der Waals surface area contributed by atoms with Crippen molar-refractivity contribution in [3.8, 4) is 5.75 Å². The van der Waals surface area contributed by atoms with Gasteiger partial charge in [-0.05, 0) is 55.6 Å². The Morgan fingerprint density at radius 3 is 2.90 bits per heavy atom. The molecule has 1 atom stereocenters. The predicted octanol–water partition coefficient (Wildman–Crippen LogP) is 4.09. The minimum absolute atomic E-state index is 0.172. The van der Waals surface area contributed by atoms with Crippen LogP contribution in [0.2, 0.25) is 0 Å². The van der Waals surface area contributed by atoms with Crippen molar-refractivity contribution in [2.45, 2.75) is 31.3 Å². The average Bonchev–Trinajstić information content (AvgIpc) is 3.10. The Bertz CT molecular complexity index is 1060. The van der Waals surface area contributed by atoms with E-state index in [1.165, 1.54) is 22.7 Å². The monoisotopic (exact) mass is 397 g/mol. The largest absolute Gasteiger partial charge is 0.497 e. The molecule has 2 N–H and O–H groups in total. The first-order valence-corrected chi connectivity index (χ1v) is 10.2. The molecule has 2 aromatic carbocycles. The van der Waals surface area contributed by atoms with Crippen LogP contribution in [0.1, 0.15) is 29.7 Å². The number of hydrogen-bond donors (Lipinski definition) is 2. The van der Waals surface area contributed by atoms with Gasteiger partial charge in [-0.15, -0.1) is 0 Å². The number of piperidine rings is 1. The van der Waals surface area contributed by atoms with E-state index in [-0.39, 0.29) is 5.54 Å². The normalized spacial score (nSPS) is 22.2. The summed E-state index contributed by atoms with van der Waals surface area (Å²) < 4.78 is 32.9. The number of nitrogens with zero attached hydrogens (tertiary/aromatic N) is 1. The summed E-state index contributed by atoms with van der Waals surface area (Å²) in [6, 6.07) is 10.0. The summed E-state index contributed by atoms with van der Waals surface area (Å²) in [7, 11) is 1.69. The van der Waals surface area contributed by atoms with E-state index in [2.05, 4.69) is 27.3 Å². The second-order valence-electron chi connectivity index (χ2n) is 8.20. The van der Waals surface area contributed by atoms with Crippen molar-refractivity contribution >= 4 is 10.9 Å². The summed E-state index contributed by atoms with van der Waals surface area (Å²) in [4.78, 5) is 5.93. The molecule has 152 valence electrons. The standard InChI is InChI=1S/C23H25F2N3O/c1-29-17-5-6-21-19(12-17)18-7-9-26-23(22(18)27-21)8-2-10-28(14-23)13-15-3-4-16(24)11-20(15)25/h3-6,11-12,26-27H,2,7-10,13-14H2,1H3. The number of methoxy groups -OCH3 is 1. The van der Waals surface area contributed by atoms with Crippen molar-refractivity contribution in [3.05, 3.63) is 64.9 Å². The second-order valence-corrected chi connectivity index (χ2v) is 8.20. The number of nitrogens with one attached hydrogen (secondary N) is 2. The molecule has 3 heterocycles. The Kier molecular flexibility index (Phi) is 4.56. The number of ether oxygens (including phenoxy) is 1. The lowest BCUT2D eigenvalue weighted by atomic mass is 9.80. The molecule has 0 amide bonds. The Labute approximate surface area is 168 Å². The second kappa shape index (κ2) is 7.11. The van der Waals surface area contributed by atoms with Gasteiger partial charge in [-0.25, -0.2) is 8.78 Å². The van der Waals surface area contributed by atoms with E-state index in [4.69, 9.17) is 4.74 Å². The highest BCUT2D eigenvalue weighted by molar-refractivity contribution is 5.86. The molecule has 2 aliphatic rings. The van der Waals surface area contributed by atoms with Gasteiger partial charge in [0.25, 0.3) is 0 Å². The van der Waals surface area contributed by atoms with Crippen LogP contribution in [0.3, 0.4) is 0 Å².